The van der Waals surface area contributed by atoms with Crippen LogP contribution in [0, 0.1) is 0 Å². The summed E-state index contributed by atoms with van der Waals surface area (Å²) >= 11 is 5.90. The van der Waals surface area contributed by atoms with E-state index in [-0.39, 0.29) is 22.5 Å². The first-order valence-corrected chi connectivity index (χ1v) is 9.43. The number of hydrogen-bond donors (Lipinski definition) is 2. The molecule has 11 heteroatoms. The molecule has 0 bridgehead atoms. The molecule has 7 nitrogen and oxygen atoms in total. The third-order valence-electron chi connectivity index (χ3n) is 5.45. The fourth-order valence-electron chi connectivity index (χ4n) is 3.88. The maximum Gasteiger partial charge on any atom is 0.417 e. The van der Waals surface area contributed by atoms with E-state index in [9.17, 15) is 27.9 Å². The summed E-state index contributed by atoms with van der Waals surface area (Å²) in [5, 5.41) is 11.7. The van der Waals surface area contributed by atoms with E-state index in [0.29, 0.717) is 43.3 Å². The van der Waals surface area contributed by atoms with Crippen LogP contribution in [0.1, 0.15) is 47.4 Å². The van der Waals surface area contributed by atoms with Crippen LogP contribution in [-0.4, -0.2) is 33.1 Å². The van der Waals surface area contributed by atoms with Crippen molar-refractivity contribution in [1.82, 2.24) is 9.97 Å². The van der Waals surface area contributed by atoms with Crippen molar-refractivity contribution in [3.63, 3.8) is 0 Å². The number of aromatic carboxylic acids is 1. The zero-order chi connectivity index (χ0) is 21.7. The highest BCUT2D eigenvalue weighted by molar-refractivity contribution is 6.31. The van der Waals surface area contributed by atoms with Crippen molar-refractivity contribution in [2.45, 2.75) is 43.4 Å². The minimum atomic E-state index is -4.56. The predicted octanol–water partition coefficient (Wildman–Crippen LogP) is 4.06. The van der Waals surface area contributed by atoms with E-state index < -0.39 is 29.2 Å². The Kier molecular flexibility index (Phi) is 4.84. The molecule has 4 rings (SSSR count). The summed E-state index contributed by atoms with van der Waals surface area (Å²) < 4.78 is 43.9. The van der Waals surface area contributed by atoms with E-state index in [1.165, 1.54) is 12.1 Å². The minimum Gasteiger partial charge on any atom is -0.477 e. The van der Waals surface area contributed by atoms with Crippen molar-refractivity contribution in [2.75, 3.05) is 5.32 Å². The first kappa shape index (κ1) is 20.4. The number of carbonyl (C=O) groups excluding carboxylic acids is 1. The molecule has 0 radical (unpaired) electrons. The summed E-state index contributed by atoms with van der Waals surface area (Å²) in [6.45, 7) is 0. The van der Waals surface area contributed by atoms with Crippen LogP contribution >= 0.6 is 11.6 Å². The lowest BCUT2D eigenvalue weighted by Crippen LogP contribution is -2.41. The molecule has 1 amide bonds. The molecule has 1 aliphatic heterocycles. The number of carbonyl (C=O) groups is 2. The molecule has 2 aromatic rings. The molecule has 2 aromatic heterocycles. The second kappa shape index (κ2) is 7.12. The van der Waals surface area contributed by atoms with Gasteiger partial charge < -0.3 is 15.2 Å². The molecule has 2 aliphatic rings. The van der Waals surface area contributed by atoms with Crippen molar-refractivity contribution < 1.29 is 32.6 Å². The van der Waals surface area contributed by atoms with Crippen LogP contribution in [0.15, 0.2) is 24.4 Å². The number of amides is 1. The number of nitrogens with one attached hydrogen (secondary N) is 1. The van der Waals surface area contributed by atoms with Crippen LogP contribution < -0.4 is 10.1 Å². The second-order valence-electron chi connectivity index (χ2n) is 7.26. The number of fused-ring (bicyclic) bond motifs is 2. The smallest absolute Gasteiger partial charge is 0.417 e. The maximum absolute atomic E-state index is 12.7. The number of pyridine rings is 2. The van der Waals surface area contributed by atoms with Gasteiger partial charge in [-0.2, -0.15) is 13.2 Å². The maximum atomic E-state index is 12.7. The van der Waals surface area contributed by atoms with Gasteiger partial charge in [0.2, 0.25) is 11.8 Å². The molecular weight excluding hydrogens is 427 g/mol. The molecule has 1 spiro atoms. The number of aromatic nitrogens is 2. The Morgan fingerprint density at radius 3 is 2.60 bits per heavy atom. The second-order valence-corrected chi connectivity index (χ2v) is 7.67. The number of anilines is 1. The van der Waals surface area contributed by atoms with Crippen molar-refractivity contribution in [3.8, 4) is 5.88 Å². The molecule has 0 unspecified atom stereocenters. The molecule has 2 N–H and O–H groups in total. The average Bonchev–Trinajstić information content (AvgIpc) is 2.95. The Morgan fingerprint density at radius 1 is 1.30 bits per heavy atom. The third-order valence-corrected chi connectivity index (χ3v) is 5.72. The van der Waals surface area contributed by atoms with Crippen LogP contribution in [0.2, 0.25) is 5.02 Å². The average molecular weight is 442 g/mol. The Morgan fingerprint density at radius 2 is 2.00 bits per heavy atom. The van der Waals surface area contributed by atoms with Gasteiger partial charge in [-0.3, -0.25) is 4.79 Å². The topological polar surface area (TPSA) is 101 Å². The predicted molar refractivity (Wildman–Crippen MR) is 98.6 cm³/mol. The fraction of sp³-hybridized carbons (Fsp3) is 0.368. The van der Waals surface area contributed by atoms with Gasteiger partial charge in [-0.05, 0) is 43.9 Å². The van der Waals surface area contributed by atoms with Crippen LogP contribution in [0.25, 0.3) is 0 Å². The summed E-state index contributed by atoms with van der Waals surface area (Å²) in [6.07, 6.45) is -2.84. The molecule has 0 aromatic carbocycles. The van der Waals surface area contributed by atoms with Crippen molar-refractivity contribution in [1.29, 1.82) is 0 Å². The third kappa shape index (κ3) is 3.45. The highest BCUT2D eigenvalue weighted by Crippen LogP contribution is 2.47. The van der Waals surface area contributed by atoms with Gasteiger partial charge in [-0.15, -0.1) is 0 Å². The van der Waals surface area contributed by atoms with E-state index in [0.717, 1.165) is 6.07 Å². The van der Waals surface area contributed by atoms with E-state index in [2.05, 4.69) is 15.3 Å². The summed E-state index contributed by atoms with van der Waals surface area (Å²) in [7, 11) is 0. The molecule has 0 atom stereocenters. The van der Waals surface area contributed by atoms with Crippen LogP contribution in [0.4, 0.5) is 18.9 Å². The first-order valence-electron chi connectivity index (χ1n) is 9.06. The van der Waals surface area contributed by atoms with Crippen LogP contribution in [0.5, 0.6) is 5.88 Å². The van der Waals surface area contributed by atoms with Crippen molar-refractivity contribution in [2.24, 2.45) is 0 Å². The lowest BCUT2D eigenvalue weighted by Gasteiger charge is -2.34. The van der Waals surface area contributed by atoms with Crippen molar-refractivity contribution in [3.05, 3.63) is 46.4 Å². The van der Waals surface area contributed by atoms with Gasteiger partial charge in [-0.1, -0.05) is 11.6 Å². The molecule has 3 heterocycles. The lowest BCUT2D eigenvalue weighted by molar-refractivity contribution is -0.137. The number of ether oxygens (including phenoxy) is 1. The van der Waals surface area contributed by atoms with E-state index in [1.807, 2.05) is 0 Å². The summed E-state index contributed by atoms with van der Waals surface area (Å²) in [6, 6.07) is 3.60. The monoisotopic (exact) mass is 441 g/mol. The minimum absolute atomic E-state index is 0.104. The van der Waals surface area contributed by atoms with E-state index in [4.69, 9.17) is 16.3 Å². The molecule has 1 fully saturated rings. The number of hydrogen-bond acceptors (Lipinski definition) is 5. The van der Waals surface area contributed by atoms with E-state index in [1.54, 1.807) is 0 Å². The summed E-state index contributed by atoms with van der Waals surface area (Å²) in [4.78, 5) is 31.8. The Bertz CT molecular complexity index is 1040. The van der Waals surface area contributed by atoms with Crippen LogP contribution in [-0.2, 0) is 16.4 Å². The molecule has 1 saturated carbocycles. The van der Waals surface area contributed by atoms with Gasteiger partial charge in [0.05, 0.1) is 22.4 Å². The Balaban J connectivity index is 1.51. The molecule has 30 heavy (non-hydrogen) atoms. The van der Waals surface area contributed by atoms with Gasteiger partial charge >= 0.3 is 12.1 Å². The van der Waals surface area contributed by atoms with Gasteiger partial charge in [0.15, 0.2) is 0 Å². The van der Waals surface area contributed by atoms with Gasteiger partial charge in [0.1, 0.15) is 16.8 Å². The SMILES string of the molecule is O=C(O)c1ccc2c(n1)[C@]1(CC[C@H](Oc3ncc(C(F)(F)F)cc3Cl)CC1)C(=O)N2. The quantitative estimate of drug-likeness (QED) is 0.745. The summed E-state index contributed by atoms with van der Waals surface area (Å²) in [5.41, 5.74) is -1.20. The lowest BCUT2D eigenvalue weighted by atomic mass is 9.71. The number of alkyl halides is 3. The highest BCUT2D eigenvalue weighted by atomic mass is 35.5. The normalized spacial score (nSPS) is 23.2. The molecule has 158 valence electrons. The first-order chi connectivity index (χ1) is 14.1. The number of nitrogens with zero attached hydrogens (tertiary/aromatic N) is 2. The number of halogens is 4. The number of carboxylic acid groups (broad SMARTS) is 1. The number of rotatable bonds is 3. The molecule has 0 saturated heterocycles. The largest absolute Gasteiger partial charge is 0.477 e. The Hall–Kier alpha value is -2.88. The van der Waals surface area contributed by atoms with Crippen LogP contribution in [0.3, 0.4) is 0 Å². The van der Waals surface area contributed by atoms with Gasteiger partial charge in [-0.25, -0.2) is 14.8 Å². The van der Waals surface area contributed by atoms with Gasteiger partial charge in [0.25, 0.3) is 0 Å². The standard InChI is InChI=1S/C19H15ClF3N3O4/c20-11-7-9(19(21,22)23)8-24-15(11)30-10-3-5-18(6-4-10)14-12(26-17(18)29)1-2-13(25-14)16(27)28/h1-2,7-8,10H,3-6H2,(H,26,29)(H,27,28)/t10-,18+. The molecule has 1 aliphatic carbocycles. The number of carboxylic acids is 1. The summed E-state index contributed by atoms with van der Waals surface area (Å²) in [5.74, 6) is -1.54. The highest BCUT2D eigenvalue weighted by Gasteiger charge is 2.50. The van der Waals surface area contributed by atoms with E-state index >= 15 is 0 Å². The Labute approximate surface area is 173 Å². The molecular formula is C19H15ClF3N3O4. The van der Waals surface area contributed by atoms with Crippen molar-refractivity contribution >= 4 is 29.2 Å². The zero-order valence-corrected chi connectivity index (χ0v) is 16.0. The van der Waals surface area contributed by atoms with Gasteiger partial charge in [0, 0.05) is 6.20 Å². The fourth-order valence-corrected chi connectivity index (χ4v) is 4.10. The zero-order valence-electron chi connectivity index (χ0n) is 15.3.